The maximum Gasteiger partial charge on any atom is 0.338 e. The zero-order valence-corrected chi connectivity index (χ0v) is 16.2. The fraction of sp³-hybridized carbons (Fsp3) is 0.263. The van der Waals surface area contributed by atoms with Crippen LogP contribution in [-0.2, 0) is 16.0 Å². The van der Waals surface area contributed by atoms with Gasteiger partial charge in [0.05, 0.1) is 19.8 Å². The molecule has 2 aromatic rings. The number of hydrogen-bond donors (Lipinski definition) is 1. The Morgan fingerprint density at radius 2 is 1.69 bits per heavy atom. The van der Waals surface area contributed by atoms with Gasteiger partial charge < -0.3 is 19.5 Å². The van der Waals surface area contributed by atoms with E-state index in [1.165, 1.54) is 0 Å². The molecule has 0 atom stereocenters. The molecule has 26 heavy (non-hydrogen) atoms. The summed E-state index contributed by atoms with van der Waals surface area (Å²) in [5.41, 5.74) is 1.39. The van der Waals surface area contributed by atoms with Crippen LogP contribution in [0.5, 0.6) is 11.5 Å². The molecule has 138 valence electrons. The number of carbonyl (C=O) groups excluding carboxylic acids is 2. The minimum absolute atomic E-state index is 0.319. The number of halogens is 1. The van der Waals surface area contributed by atoms with Crippen molar-refractivity contribution in [2.75, 3.05) is 27.4 Å². The van der Waals surface area contributed by atoms with Crippen LogP contribution in [0.2, 0.25) is 0 Å². The average Bonchev–Trinajstić information content (AvgIpc) is 2.66. The molecule has 7 heteroatoms. The molecule has 0 heterocycles. The zero-order chi connectivity index (χ0) is 18.9. The number of nitrogens with one attached hydrogen (secondary N) is 1. The first-order chi connectivity index (χ1) is 12.5. The van der Waals surface area contributed by atoms with Crippen molar-refractivity contribution in [1.29, 1.82) is 0 Å². The van der Waals surface area contributed by atoms with E-state index in [1.807, 2.05) is 18.2 Å². The van der Waals surface area contributed by atoms with E-state index >= 15 is 0 Å². The number of ether oxygens (including phenoxy) is 3. The van der Waals surface area contributed by atoms with Crippen molar-refractivity contribution in [2.45, 2.75) is 6.42 Å². The van der Waals surface area contributed by atoms with Gasteiger partial charge in [-0.25, -0.2) is 4.79 Å². The van der Waals surface area contributed by atoms with E-state index in [-0.39, 0.29) is 12.5 Å². The van der Waals surface area contributed by atoms with Crippen LogP contribution in [0.4, 0.5) is 0 Å². The van der Waals surface area contributed by atoms with Crippen LogP contribution in [0.25, 0.3) is 0 Å². The number of methoxy groups -OCH3 is 2. The first kappa shape index (κ1) is 19.8. The predicted molar refractivity (Wildman–Crippen MR) is 101 cm³/mol. The maximum atomic E-state index is 11.8. The number of amides is 1. The van der Waals surface area contributed by atoms with Crippen molar-refractivity contribution in [3.8, 4) is 11.5 Å². The normalized spacial score (nSPS) is 10.1. The lowest BCUT2D eigenvalue weighted by molar-refractivity contribution is -0.124. The molecule has 0 aromatic heterocycles. The molecular weight excluding hydrogens is 402 g/mol. The van der Waals surface area contributed by atoms with E-state index in [9.17, 15) is 9.59 Å². The molecule has 0 unspecified atom stereocenters. The van der Waals surface area contributed by atoms with Crippen molar-refractivity contribution in [3.63, 3.8) is 0 Å². The fourth-order valence-corrected chi connectivity index (χ4v) is 2.50. The molecule has 0 aliphatic carbocycles. The van der Waals surface area contributed by atoms with E-state index in [0.29, 0.717) is 30.0 Å². The van der Waals surface area contributed by atoms with E-state index in [2.05, 4.69) is 21.2 Å². The molecule has 0 fully saturated rings. The smallest absolute Gasteiger partial charge is 0.338 e. The van der Waals surface area contributed by atoms with Gasteiger partial charge in [-0.1, -0.05) is 22.0 Å². The second kappa shape index (κ2) is 9.82. The van der Waals surface area contributed by atoms with E-state index < -0.39 is 5.97 Å². The second-order valence-electron chi connectivity index (χ2n) is 5.37. The zero-order valence-electron chi connectivity index (χ0n) is 14.6. The topological polar surface area (TPSA) is 73.9 Å². The van der Waals surface area contributed by atoms with Crippen molar-refractivity contribution < 1.29 is 23.8 Å². The summed E-state index contributed by atoms with van der Waals surface area (Å²) in [6, 6.07) is 12.3. The Morgan fingerprint density at radius 1 is 1.00 bits per heavy atom. The van der Waals surface area contributed by atoms with Gasteiger partial charge in [0.2, 0.25) is 0 Å². The van der Waals surface area contributed by atoms with Gasteiger partial charge >= 0.3 is 5.97 Å². The minimum Gasteiger partial charge on any atom is -0.493 e. The molecule has 1 amide bonds. The van der Waals surface area contributed by atoms with Crippen LogP contribution in [0, 0.1) is 0 Å². The average molecular weight is 422 g/mol. The molecule has 0 saturated carbocycles. The van der Waals surface area contributed by atoms with Crippen LogP contribution in [0.15, 0.2) is 46.9 Å². The summed E-state index contributed by atoms with van der Waals surface area (Å²) >= 11 is 3.29. The van der Waals surface area contributed by atoms with Gasteiger partial charge in [0.25, 0.3) is 5.91 Å². The second-order valence-corrected chi connectivity index (χ2v) is 6.29. The van der Waals surface area contributed by atoms with Crippen molar-refractivity contribution >= 4 is 27.8 Å². The van der Waals surface area contributed by atoms with Gasteiger partial charge in [0.1, 0.15) is 0 Å². The molecule has 0 spiro atoms. The Balaban J connectivity index is 1.75. The molecule has 2 aromatic carbocycles. The lowest BCUT2D eigenvalue weighted by Crippen LogP contribution is -2.30. The molecule has 0 radical (unpaired) electrons. The Hall–Kier alpha value is -2.54. The highest BCUT2D eigenvalue weighted by Gasteiger charge is 2.10. The van der Waals surface area contributed by atoms with Crippen molar-refractivity contribution in [1.82, 2.24) is 5.32 Å². The van der Waals surface area contributed by atoms with Crippen LogP contribution in [0.1, 0.15) is 15.9 Å². The Morgan fingerprint density at radius 3 is 2.35 bits per heavy atom. The van der Waals surface area contributed by atoms with E-state index in [4.69, 9.17) is 14.2 Å². The standard InChI is InChI=1S/C19H20BrNO5/c1-24-16-8-3-13(11-17(16)25-2)9-10-21-18(22)12-26-19(23)14-4-6-15(20)7-5-14/h3-8,11H,9-10,12H2,1-2H3,(H,21,22). The van der Waals surface area contributed by atoms with Gasteiger partial charge in [0, 0.05) is 11.0 Å². The Labute approximate surface area is 160 Å². The molecule has 0 saturated heterocycles. The van der Waals surface area contributed by atoms with Crippen LogP contribution in [0.3, 0.4) is 0 Å². The van der Waals surface area contributed by atoms with Gasteiger partial charge in [-0.05, 0) is 48.4 Å². The summed E-state index contributed by atoms with van der Waals surface area (Å²) in [5, 5.41) is 2.72. The van der Waals surface area contributed by atoms with Gasteiger partial charge in [-0.15, -0.1) is 0 Å². The summed E-state index contributed by atoms with van der Waals surface area (Å²) in [4.78, 5) is 23.6. The van der Waals surface area contributed by atoms with Crippen LogP contribution < -0.4 is 14.8 Å². The highest BCUT2D eigenvalue weighted by atomic mass is 79.9. The number of hydrogen-bond acceptors (Lipinski definition) is 5. The minimum atomic E-state index is -0.535. The third-order valence-corrected chi connectivity index (χ3v) is 4.13. The predicted octanol–water partition coefficient (Wildman–Crippen LogP) is 2.98. The molecule has 2 rings (SSSR count). The van der Waals surface area contributed by atoms with Crippen LogP contribution >= 0.6 is 15.9 Å². The summed E-state index contributed by atoms with van der Waals surface area (Å²) < 4.78 is 16.3. The lowest BCUT2D eigenvalue weighted by Gasteiger charge is -2.10. The van der Waals surface area contributed by atoms with Crippen molar-refractivity contribution in [2.24, 2.45) is 0 Å². The maximum absolute atomic E-state index is 11.8. The van der Waals surface area contributed by atoms with Gasteiger partial charge in [0.15, 0.2) is 18.1 Å². The van der Waals surface area contributed by atoms with Crippen LogP contribution in [-0.4, -0.2) is 39.2 Å². The fourth-order valence-electron chi connectivity index (χ4n) is 2.23. The third kappa shape index (κ3) is 5.77. The lowest BCUT2D eigenvalue weighted by atomic mass is 10.1. The summed E-state index contributed by atoms with van der Waals surface area (Å²) in [7, 11) is 3.15. The quantitative estimate of drug-likeness (QED) is 0.663. The monoisotopic (exact) mass is 421 g/mol. The number of esters is 1. The SMILES string of the molecule is COc1ccc(CCNC(=O)COC(=O)c2ccc(Br)cc2)cc1OC. The van der Waals surface area contributed by atoms with E-state index in [0.717, 1.165) is 10.0 Å². The highest BCUT2D eigenvalue weighted by Crippen LogP contribution is 2.27. The van der Waals surface area contributed by atoms with Gasteiger partial charge in [-0.3, -0.25) is 4.79 Å². The highest BCUT2D eigenvalue weighted by molar-refractivity contribution is 9.10. The number of benzene rings is 2. The largest absolute Gasteiger partial charge is 0.493 e. The molecular formula is C19H20BrNO5. The number of rotatable bonds is 8. The Bertz CT molecular complexity index is 761. The summed E-state index contributed by atoms with van der Waals surface area (Å²) in [6.45, 7) is 0.102. The molecule has 0 aliphatic heterocycles. The number of carbonyl (C=O) groups is 2. The molecule has 0 aliphatic rings. The molecule has 6 nitrogen and oxygen atoms in total. The first-order valence-electron chi connectivity index (χ1n) is 7.93. The molecule has 0 bridgehead atoms. The van der Waals surface area contributed by atoms with Crippen molar-refractivity contribution in [3.05, 3.63) is 58.1 Å². The summed E-state index contributed by atoms with van der Waals surface area (Å²) in [5.74, 6) is 0.406. The molecule has 1 N–H and O–H groups in total. The first-order valence-corrected chi connectivity index (χ1v) is 8.73. The summed E-state index contributed by atoms with van der Waals surface area (Å²) in [6.07, 6.45) is 0.618. The van der Waals surface area contributed by atoms with E-state index in [1.54, 1.807) is 38.5 Å². The Kier molecular flexibility index (Phi) is 7.47. The third-order valence-electron chi connectivity index (χ3n) is 3.60. The van der Waals surface area contributed by atoms with Gasteiger partial charge in [-0.2, -0.15) is 0 Å².